The zero-order valence-corrected chi connectivity index (χ0v) is 87.0. The lowest BCUT2D eigenvalue weighted by atomic mass is 9.50. The average Bonchev–Trinajstić information content (AvgIpc) is 0.718. The molecular formula is C124H132N12O12. The van der Waals surface area contributed by atoms with Crippen molar-refractivity contribution in [1.29, 1.82) is 0 Å². The summed E-state index contributed by atoms with van der Waals surface area (Å²) in [5.41, 5.74) is 16.4. The fourth-order valence-electron chi connectivity index (χ4n) is 20.0. The lowest BCUT2D eigenvalue weighted by molar-refractivity contribution is 0.184. The Morgan fingerprint density at radius 1 is 0.155 bits per heavy atom. The van der Waals surface area contributed by atoms with Gasteiger partial charge < -0.3 is 56.8 Å². The molecule has 3 saturated carbocycles. The maximum absolute atomic E-state index is 6.41. The van der Waals surface area contributed by atoms with Gasteiger partial charge in [0.25, 0.3) is 0 Å². The van der Waals surface area contributed by atoms with E-state index in [4.69, 9.17) is 96.7 Å². The Balaban J connectivity index is 0.000000155. The predicted octanol–water partition coefficient (Wildman–Crippen LogP) is 26.8. The summed E-state index contributed by atoms with van der Waals surface area (Å²) in [6.45, 7) is 33.1. The molecule has 0 atom stereocenters. The molecule has 10 aromatic carbocycles. The van der Waals surface area contributed by atoms with Crippen molar-refractivity contribution in [2.24, 2.45) is 0 Å². The van der Waals surface area contributed by atoms with E-state index >= 15 is 0 Å². The second-order valence-corrected chi connectivity index (χ2v) is 39.7. The van der Waals surface area contributed by atoms with Gasteiger partial charge in [0.1, 0.15) is 26.4 Å². The van der Waals surface area contributed by atoms with Crippen LogP contribution in [0.15, 0.2) is 340 Å². The van der Waals surface area contributed by atoms with Crippen LogP contribution in [0.2, 0.25) is 0 Å². The van der Waals surface area contributed by atoms with Gasteiger partial charge in [-0.1, -0.05) is 303 Å². The highest BCUT2D eigenvalue weighted by molar-refractivity contribution is 5.52. The van der Waals surface area contributed by atoms with Crippen LogP contribution in [-0.2, 0) is 26.4 Å². The number of rotatable bonds is 40. The molecule has 19 rings (SSSR count). The summed E-state index contributed by atoms with van der Waals surface area (Å²) < 4.78 is 74.1. The minimum atomic E-state index is -0.113. The van der Waals surface area contributed by atoms with Gasteiger partial charge in [0.05, 0.1) is 83.0 Å². The molecule has 3 fully saturated rings. The number of benzene rings is 10. The first-order valence-electron chi connectivity index (χ1n) is 51.5. The van der Waals surface area contributed by atoms with Crippen molar-refractivity contribution in [1.82, 2.24) is 59.8 Å². The minimum absolute atomic E-state index is 0.0178. The van der Waals surface area contributed by atoms with E-state index in [1.165, 1.54) is 22.3 Å². The van der Waals surface area contributed by atoms with Gasteiger partial charge in [0.15, 0.2) is 0 Å². The summed E-state index contributed by atoms with van der Waals surface area (Å²) in [5.74, 6) is 2.62. The lowest BCUT2D eigenvalue weighted by Crippen LogP contribution is -2.41. The molecule has 24 nitrogen and oxygen atoms in total. The van der Waals surface area contributed by atoms with Crippen LogP contribution >= 0.6 is 0 Å². The number of ether oxygens (including phenoxy) is 12. The van der Waals surface area contributed by atoms with Gasteiger partial charge >= 0.3 is 36.1 Å². The molecule has 0 bridgehead atoms. The van der Waals surface area contributed by atoms with Gasteiger partial charge in [0, 0.05) is 107 Å². The van der Waals surface area contributed by atoms with Crippen molar-refractivity contribution < 1.29 is 56.8 Å². The van der Waals surface area contributed by atoms with Gasteiger partial charge in [-0.2, -0.15) is 59.8 Å². The average molecular weight is 1980 g/mol. The van der Waals surface area contributed by atoms with E-state index in [0.717, 1.165) is 67.5 Å². The molecule has 0 aliphatic heterocycles. The normalized spacial score (nSPS) is 18.6. The number of hydrogen-bond donors (Lipinski definition) is 0. The molecule has 0 saturated heterocycles. The summed E-state index contributed by atoms with van der Waals surface area (Å²) in [7, 11) is 0. The molecule has 0 unspecified atom stereocenters. The minimum Gasteiger partial charge on any atom is -0.475 e. The van der Waals surface area contributed by atoms with Crippen molar-refractivity contribution in [2.45, 2.75) is 257 Å². The highest BCUT2D eigenvalue weighted by Gasteiger charge is 2.58. The van der Waals surface area contributed by atoms with E-state index in [0.29, 0.717) is 85.7 Å². The third-order valence-corrected chi connectivity index (χ3v) is 25.7. The van der Waals surface area contributed by atoms with Crippen LogP contribution in [0.3, 0.4) is 0 Å². The Morgan fingerprint density at radius 2 is 0.304 bits per heavy atom. The van der Waals surface area contributed by atoms with Gasteiger partial charge in [-0.15, -0.1) is 0 Å². The number of aromatic nitrogens is 12. The topological polar surface area (TPSA) is 265 Å². The largest absolute Gasteiger partial charge is 0.475 e. The van der Waals surface area contributed by atoms with Gasteiger partial charge in [-0.3, -0.25) is 0 Å². The van der Waals surface area contributed by atoms with Crippen LogP contribution in [0.4, 0.5) is 0 Å². The lowest BCUT2D eigenvalue weighted by Gasteiger charge is -2.52. The third-order valence-electron chi connectivity index (χ3n) is 25.7. The van der Waals surface area contributed by atoms with Gasteiger partial charge in [0.2, 0.25) is 35.3 Å². The fourth-order valence-corrected chi connectivity index (χ4v) is 20.0. The van der Waals surface area contributed by atoms with E-state index < -0.39 is 0 Å². The summed E-state index contributed by atoms with van der Waals surface area (Å²) in [6.07, 6.45) is -0.521. The van der Waals surface area contributed by atoms with Crippen molar-refractivity contribution in [2.75, 3.05) is 0 Å². The highest BCUT2D eigenvalue weighted by Crippen LogP contribution is 2.70. The molecule has 3 aliphatic carbocycles. The number of hydrogen-bond acceptors (Lipinski definition) is 24. The van der Waals surface area contributed by atoms with E-state index in [1.54, 1.807) is 0 Å². The Morgan fingerprint density at radius 3 is 0.480 bits per heavy atom. The van der Waals surface area contributed by atoms with Crippen molar-refractivity contribution in [3.05, 3.63) is 430 Å². The van der Waals surface area contributed by atoms with Crippen LogP contribution < -0.4 is 56.8 Å². The van der Waals surface area contributed by atoms with Crippen LogP contribution in [-0.4, -0.2) is 109 Å². The maximum atomic E-state index is 6.41. The molecule has 3 aliphatic rings. The van der Waals surface area contributed by atoms with Crippen molar-refractivity contribution in [3.8, 4) is 71.3 Å². The van der Waals surface area contributed by atoms with Crippen LogP contribution in [0.25, 0.3) is 0 Å². The van der Waals surface area contributed by atoms with Crippen LogP contribution in [0.1, 0.15) is 272 Å². The Labute approximate surface area is 869 Å². The Bertz CT molecular complexity index is 5960. The molecule has 24 heteroatoms. The smallest absolute Gasteiger partial charge is 0.320 e. The van der Waals surface area contributed by atoms with Gasteiger partial charge in [-0.05, 0) is 166 Å². The molecule has 0 spiro atoms. The molecular weight excluding hydrogens is 1850 g/mol. The molecule has 0 N–H and O–H groups in total. The Hall–Kier alpha value is -15.7. The zero-order valence-electron chi connectivity index (χ0n) is 87.0. The van der Waals surface area contributed by atoms with Crippen LogP contribution in [0, 0.1) is 0 Å². The molecule has 760 valence electrons. The second-order valence-electron chi connectivity index (χ2n) is 39.7. The maximum Gasteiger partial charge on any atom is 0.320 e. The van der Waals surface area contributed by atoms with E-state index in [-0.39, 0.29) is 132 Å². The molecule has 0 amide bonds. The summed E-state index contributed by atoms with van der Waals surface area (Å²) in [5, 5.41) is 0. The van der Waals surface area contributed by atoms with Crippen LogP contribution in [0.5, 0.6) is 71.3 Å². The quantitative estimate of drug-likeness (QED) is 0.0345. The summed E-state index contributed by atoms with van der Waals surface area (Å²) >= 11 is 0. The Kier molecular flexibility index (Phi) is 34.6. The number of nitrogens with zero attached hydrogens (tertiary/aromatic N) is 12. The fraction of sp³-hybridized carbons (Fsp3) is 0.323. The van der Waals surface area contributed by atoms with Gasteiger partial charge in [-0.25, -0.2) is 0 Å². The highest BCUT2D eigenvalue weighted by atomic mass is 16.5. The monoisotopic (exact) mass is 1980 g/mol. The first kappa shape index (κ1) is 104. The third kappa shape index (κ3) is 26.9. The molecule has 6 aromatic heterocycles. The van der Waals surface area contributed by atoms with E-state index in [2.05, 4.69) is 166 Å². The molecule has 148 heavy (non-hydrogen) atoms. The standard InChI is InChI=1S/C52H44N4O4.2C36H44N4O4/c1-7-19-37(20-8-1)33-57-45-31-43(53-51(55-45)59-35-39-23-11-3-12-24-39)49-47(41-27-15-5-16-28-41)50(48(49)42-29-17-6-18-30-42)44-32-46(58-34-38-21-9-2-10-22-38)56-52(54-44)60-36-40-25-13-4-14-26-40;2*1-21(2)41-29-19-27(37-35(39-29)43-23(5)6)33-31(25-15-11-9-12-16-25)34(32(33)26-17-13-10-14-18-26)28-20-30(42-22(3)4)40-36(38-28)44-24(7)8/h1-32,47-50H,33-36H2;2*9-24,31-34H,1-8H3. The summed E-state index contributed by atoms with van der Waals surface area (Å²) in [4.78, 5) is 58.3. The van der Waals surface area contributed by atoms with E-state index in [1.807, 2.05) is 305 Å². The first-order chi connectivity index (χ1) is 71.9. The predicted molar refractivity (Wildman–Crippen MR) is 573 cm³/mol. The second kappa shape index (κ2) is 49.4. The molecule has 16 aromatic rings. The zero-order chi connectivity index (χ0) is 103. The van der Waals surface area contributed by atoms with E-state index in [9.17, 15) is 0 Å². The first-order valence-corrected chi connectivity index (χ1v) is 51.5. The van der Waals surface area contributed by atoms with Crippen molar-refractivity contribution >= 4 is 0 Å². The summed E-state index contributed by atoms with van der Waals surface area (Å²) in [6, 6.07) is 117. The molecule has 0 radical (unpaired) electrons. The SMILES string of the molecule is CC(C)Oc1cc(C2C(c3ccccc3)C(c3cc(OC(C)C)nc(OC(C)C)n3)C2c2ccccc2)nc(OC(C)C)n1.CC(C)Oc1cc(C2C(c3ccccc3)C(c3cc(OC(C)C)nc(OC(C)C)n3)C2c2ccccc2)nc(OC(C)C)n1.c1ccc(COc2cc(C3C(c4ccccc4)C(c4cc(OCc5ccccc5)nc(OCc5ccccc5)n4)C3c3ccccc3)nc(OCc3ccccc3)n2)cc1. The molecule has 6 heterocycles. The van der Waals surface area contributed by atoms with Crippen molar-refractivity contribution in [3.63, 3.8) is 0 Å².